The fourth-order valence-electron chi connectivity index (χ4n) is 6.63. The highest BCUT2D eigenvalue weighted by Crippen LogP contribution is 2.60. The van der Waals surface area contributed by atoms with Crippen molar-refractivity contribution >= 4 is 5.97 Å². The van der Waals surface area contributed by atoms with Crippen molar-refractivity contribution in [2.24, 2.45) is 23.7 Å². The summed E-state index contributed by atoms with van der Waals surface area (Å²) in [4.78, 5) is 24.7. The van der Waals surface area contributed by atoms with E-state index in [1.165, 1.54) is 0 Å². The molecule has 7 atom stereocenters. The number of halogens is 6. The maximum atomic E-state index is 13.2. The van der Waals surface area contributed by atoms with Crippen LogP contribution in [0.25, 0.3) is 0 Å². The van der Waals surface area contributed by atoms with Gasteiger partial charge in [-0.05, 0) is 75.1 Å². The number of carbonyl (C=O) groups is 1. The Bertz CT molecular complexity index is 993. The second-order valence-electron chi connectivity index (χ2n) is 10.8. The molecule has 1 aromatic rings. The summed E-state index contributed by atoms with van der Waals surface area (Å²) in [6.45, 7) is 3.86. The molecule has 36 heavy (non-hydrogen) atoms. The van der Waals surface area contributed by atoms with Gasteiger partial charge in [-0.1, -0.05) is 6.92 Å². The Balaban J connectivity index is 1.37. The standard InChI is InChI=1S/C25H28F6O5/c1-13-6-7-19-17(20(32)33-21-23(19)18(13)8-9-22(2,34-21)35-36-23)5-3-4-14-10-15(24(26,27)28)12-16(11-14)25(29,30)31/h10-13,17-19,21H,3-9H2,1-2H3/t13-,17-,18+,19+,21-,22-,23-/m1/s1. The normalized spacial score (nSPS) is 38.3. The third-order valence-electron chi connectivity index (χ3n) is 8.42. The first-order valence-electron chi connectivity index (χ1n) is 12.3. The summed E-state index contributed by atoms with van der Waals surface area (Å²) in [7, 11) is 0. The summed E-state index contributed by atoms with van der Waals surface area (Å²) < 4.78 is 91.0. The van der Waals surface area contributed by atoms with E-state index in [1.54, 1.807) is 6.92 Å². The number of alkyl halides is 6. The van der Waals surface area contributed by atoms with Crippen LogP contribution in [0.5, 0.6) is 0 Å². The van der Waals surface area contributed by atoms with E-state index in [2.05, 4.69) is 6.92 Å². The first-order valence-corrected chi connectivity index (χ1v) is 12.3. The third kappa shape index (κ3) is 4.30. The summed E-state index contributed by atoms with van der Waals surface area (Å²) in [6.07, 6.45) is -7.49. The van der Waals surface area contributed by atoms with Crippen LogP contribution in [0.15, 0.2) is 18.2 Å². The molecular formula is C25H28F6O5. The zero-order chi connectivity index (χ0) is 26.1. The van der Waals surface area contributed by atoms with Gasteiger partial charge in [-0.25, -0.2) is 9.78 Å². The number of hydrogen-bond donors (Lipinski definition) is 0. The summed E-state index contributed by atoms with van der Waals surface area (Å²) in [5, 5.41) is 0. The van der Waals surface area contributed by atoms with E-state index < -0.39 is 53.0 Å². The van der Waals surface area contributed by atoms with Crippen molar-refractivity contribution in [3.05, 3.63) is 34.9 Å². The number of benzene rings is 1. The first kappa shape index (κ1) is 25.8. The number of esters is 1. The van der Waals surface area contributed by atoms with E-state index >= 15 is 0 Å². The van der Waals surface area contributed by atoms with E-state index in [0.717, 1.165) is 25.0 Å². The minimum atomic E-state index is -4.91. The zero-order valence-electron chi connectivity index (χ0n) is 19.9. The van der Waals surface area contributed by atoms with Crippen molar-refractivity contribution in [2.45, 2.75) is 88.8 Å². The summed E-state index contributed by atoms with van der Waals surface area (Å²) >= 11 is 0. The molecule has 0 amide bonds. The van der Waals surface area contributed by atoms with Crippen LogP contribution >= 0.6 is 0 Å². The Kier molecular flexibility index (Phi) is 6.15. The van der Waals surface area contributed by atoms with Crippen LogP contribution in [0.1, 0.15) is 69.1 Å². The highest BCUT2D eigenvalue weighted by Gasteiger charge is 2.70. The monoisotopic (exact) mass is 522 g/mol. The molecule has 1 aromatic carbocycles. The van der Waals surface area contributed by atoms with Crippen molar-refractivity contribution in [3.63, 3.8) is 0 Å². The second-order valence-corrected chi connectivity index (χ2v) is 10.8. The van der Waals surface area contributed by atoms with Crippen molar-refractivity contribution in [3.8, 4) is 0 Å². The van der Waals surface area contributed by atoms with Gasteiger partial charge in [0.15, 0.2) is 5.60 Å². The molecule has 4 saturated heterocycles. The van der Waals surface area contributed by atoms with Crippen LogP contribution in [-0.4, -0.2) is 23.6 Å². The predicted molar refractivity (Wildman–Crippen MR) is 112 cm³/mol. The fraction of sp³-hybridized carbons (Fsp3) is 0.720. The Morgan fingerprint density at radius 2 is 1.61 bits per heavy atom. The van der Waals surface area contributed by atoms with Gasteiger partial charge in [0.25, 0.3) is 0 Å². The molecule has 4 heterocycles. The summed E-state index contributed by atoms with van der Waals surface area (Å²) in [6, 6.07) is 1.59. The molecule has 0 N–H and O–H groups in total. The van der Waals surface area contributed by atoms with E-state index in [4.69, 9.17) is 19.2 Å². The quantitative estimate of drug-likeness (QED) is 0.259. The zero-order valence-corrected chi connectivity index (χ0v) is 19.9. The number of hydrogen-bond acceptors (Lipinski definition) is 5. The molecule has 5 fully saturated rings. The number of fused-ring (bicyclic) bond motifs is 2. The molecule has 1 aliphatic carbocycles. The van der Waals surface area contributed by atoms with Gasteiger partial charge in [-0.2, -0.15) is 26.3 Å². The number of aryl methyl sites for hydroxylation is 1. The highest BCUT2D eigenvalue weighted by atomic mass is 19.4. The lowest BCUT2D eigenvalue weighted by Gasteiger charge is -2.58. The van der Waals surface area contributed by atoms with Gasteiger partial charge in [0.1, 0.15) is 0 Å². The molecule has 1 saturated carbocycles. The lowest BCUT2D eigenvalue weighted by atomic mass is 9.57. The molecule has 1 spiro atoms. The molecule has 0 aromatic heterocycles. The molecule has 4 aliphatic heterocycles. The number of ether oxygens (including phenoxy) is 2. The largest absolute Gasteiger partial charge is 0.432 e. The Morgan fingerprint density at radius 1 is 0.944 bits per heavy atom. The maximum Gasteiger partial charge on any atom is 0.416 e. The average Bonchev–Trinajstić information content (AvgIpc) is 3.01. The first-order chi connectivity index (χ1) is 16.7. The van der Waals surface area contributed by atoms with Gasteiger partial charge in [-0.15, -0.1) is 0 Å². The van der Waals surface area contributed by atoms with Gasteiger partial charge in [0.2, 0.25) is 12.1 Å². The van der Waals surface area contributed by atoms with Crippen LogP contribution in [0.2, 0.25) is 0 Å². The Labute approximate surface area is 204 Å². The highest BCUT2D eigenvalue weighted by molar-refractivity contribution is 5.74. The van der Waals surface area contributed by atoms with Gasteiger partial charge < -0.3 is 9.47 Å². The minimum absolute atomic E-state index is 0.0268. The van der Waals surface area contributed by atoms with E-state index in [9.17, 15) is 31.1 Å². The van der Waals surface area contributed by atoms with Crippen LogP contribution in [-0.2, 0) is 42.8 Å². The lowest BCUT2D eigenvalue weighted by Crippen LogP contribution is -2.70. The maximum absolute atomic E-state index is 13.2. The molecular weight excluding hydrogens is 494 g/mol. The van der Waals surface area contributed by atoms with E-state index in [0.29, 0.717) is 12.8 Å². The van der Waals surface area contributed by atoms with Gasteiger partial charge >= 0.3 is 18.3 Å². The molecule has 0 unspecified atom stereocenters. The van der Waals surface area contributed by atoms with Crippen molar-refractivity contribution in [2.75, 3.05) is 0 Å². The van der Waals surface area contributed by atoms with Crippen LogP contribution in [0, 0.1) is 23.7 Å². The predicted octanol–water partition coefficient (Wildman–Crippen LogP) is 6.44. The van der Waals surface area contributed by atoms with Crippen molar-refractivity contribution in [1.82, 2.24) is 0 Å². The molecule has 0 radical (unpaired) electrons. The Hall–Kier alpha value is -1.85. The van der Waals surface area contributed by atoms with Gasteiger partial charge in [0.05, 0.1) is 17.0 Å². The van der Waals surface area contributed by atoms with E-state index in [1.807, 2.05) is 0 Å². The number of carbonyl (C=O) groups excluding carboxylic acids is 1. The number of rotatable bonds is 4. The molecule has 11 heteroatoms. The smallest absolute Gasteiger partial charge is 0.416 e. The molecule has 6 rings (SSSR count). The van der Waals surface area contributed by atoms with Crippen molar-refractivity contribution in [1.29, 1.82) is 0 Å². The topological polar surface area (TPSA) is 54.0 Å². The van der Waals surface area contributed by atoms with Crippen LogP contribution in [0.4, 0.5) is 26.3 Å². The average molecular weight is 522 g/mol. The molecule has 5 aliphatic rings. The summed E-state index contributed by atoms with van der Waals surface area (Å²) in [5.74, 6) is -2.12. The SMILES string of the molecule is C[C@@H]1CC[C@H]2[C@@H](CCCc3cc(C(F)(F)F)cc(C(F)(F)F)c3)C(=O)O[C@@H]3O[C@@]4(C)CC[C@@H]1[C@]32OO4. The van der Waals surface area contributed by atoms with Gasteiger partial charge in [0, 0.05) is 18.3 Å². The van der Waals surface area contributed by atoms with Crippen LogP contribution in [0.3, 0.4) is 0 Å². The summed E-state index contributed by atoms with van der Waals surface area (Å²) in [5.41, 5.74) is -3.76. The Morgan fingerprint density at radius 3 is 2.25 bits per heavy atom. The minimum Gasteiger partial charge on any atom is -0.432 e. The molecule has 5 nitrogen and oxygen atoms in total. The fourth-order valence-corrected chi connectivity index (χ4v) is 6.63. The molecule has 2 bridgehead atoms. The van der Waals surface area contributed by atoms with Gasteiger partial charge in [-0.3, -0.25) is 4.79 Å². The lowest BCUT2D eigenvalue weighted by molar-refractivity contribution is -0.559. The second kappa shape index (κ2) is 8.59. The van der Waals surface area contributed by atoms with Crippen molar-refractivity contribution < 1.29 is 50.4 Å². The third-order valence-corrected chi connectivity index (χ3v) is 8.42. The molecule has 200 valence electrons. The van der Waals surface area contributed by atoms with Crippen LogP contribution < -0.4 is 0 Å². The van der Waals surface area contributed by atoms with E-state index in [-0.39, 0.29) is 48.6 Å².